The second kappa shape index (κ2) is 4.45. The van der Waals surface area contributed by atoms with E-state index in [0.29, 0.717) is 17.2 Å². The summed E-state index contributed by atoms with van der Waals surface area (Å²) in [6, 6.07) is 7.17. The molecule has 0 spiro atoms. The molecule has 0 bridgehead atoms. The fourth-order valence-electron chi connectivity index (χ4n) is 1.80. The summed E-state index contributed by atoms with van der Waals surface area (Å²) in [5, 5.41) is 7.19. The third-order valence-electron chi connectivity index (χ3n) is 2.70. The molecule has 2 heterocycles. The fraction of sp³-hybridized carbons (Fsp3) is 0.0833. The molecule has 1 aromatic carbocycles. The van der Waals surface area contributed by atoms with E-state index in [1.807, 2.05) is 12.1 Å². The van der Waals surface area contributed by atoms with Gasteiger partial charge in [-0.15, -0.1) is 0 Å². The standard InChI is InChI=1S/C12H11N5O2/c13-8-1-2-9-7(3-8)4-10(16-9)12(18)14-5-11-15-6-19-17-11/h1-4,6,16H,5,13H2,(H,14,18). The summed E-state index contributed by atoms with van der Waals surface area (Å²) in [7, 11) is 0. The molecule has 0 unspecified atom stereocenters. The number of benzene rings is 1. The number of H-pyrrole nitrogens is 1. The number of nitrogens with zero attached hydrogens (tertiary/aromatic N) is 2. The summed E-state index contributed by atoms with van der Waals surface area (Å²) in [5.74, 6) is 0.188. The summed E-state index contributed by atoms with van der Waals surface area (Å²) in [5.41, 5.74) is 7.67. The van der Waals surface area contributed by atoms with E-state index in [2.05, 4.69) is 25.0 Å². The van der Waals surface area contributed by atoms with Crippen molar-refractivity contribution in [1.82, 2.24) is 20.4 Å². The predicted molar refractivity (Wildman–Crippen MR) is 68.2 cm³/mol. The highest BCUT2D eigenvalue weighted by Gasteiger charge is 2.10. The molecule has 0 saturated carbocycles. The summed E-state index contributed by atoms with van der Waals surface area (Å²) in [6.07, 6.45) is 1.22. The van der Waals surface area contributed by atoms with Crippen LogP contribution in [0.4, 0.5) is 5.69 Å². The number of nitrogens with two attached hydrogens (primary N) is 1. The smallest absolute Gasteiger partial charge is 0.268 e. The van der Waals surface area contributed by atoms with Gasteiger partial charge in [-0.25, -0.2) is 0 Å². The molecule has 0 radical (unpaired) electrons. The zero-order chi connectivity index (χ0) is 13.2. The molecule has 0 aliphatic rings. The summed E-state index contributed by atoms with van der Waals surface area (Å²) in [6.45, 7) is 0.215. The average Bonchev–Trinajstić information content (AvgIpc) is 3.04. The van der Waals surface area contributed by atoms with Crippen molar-refractivity contribution in [2.75, 3.05) is 5.73 Å². The molecule has 0 atom stereocenters. The van der Waals surface area contributed by atoms with Crippen molar-refractivity contribution in [3.05, 3.63) is 42.2 Å². The zero-order valence-electron chi connectivity index (χ0n) is 9.88. The Bertz CT molecular complexity index is 717. The van der Waals surface area contributed by atoms with Crippen molar-refractivity contribution < 1.29 is 9.32 Å². The number of aromatic amines is 1. The molecule has 7 heteroatoms. The summed E-state index contributed by atoms with van der Waals surface area (Å²) < 4.78 is 4.58. The number of carbonyl (C=O) groups excluding carboxylic acids is 1. The normalized spacial score (nSPS) is 10.7. The van der Waals surface area contributed by atoms with Crippen molar-refractivity contribution in [3.63, 3.8) is 0 Å². The Morgan fingerprint density at radius 3 is 3.11 bits per heavy atom. The maximum absolute atomic E-state index is 11.9. The first-order chi connectivity index (χ1) is 9.22. The van der Waals surface area contributed by atoms with Gasteiger partial charge in [0.05, 0.1) is 6.54 Å². The maximum atomic E-state index is 11.9. The van der Waals surface area contributed by atoms with Crippen molar-refractivity contribution in [2.45, 2.75) is 6.54 Å². The number of carbonyl (C=O) groups is 1. The van der Waals surface area contributed by atoms with Crippen LogP contribution in [0, 0.1) is 0 Å². The molecule has 19 heavy (non-hydrogen) atoms. The number of nitrogens with one attached hydrogen (secondary N) is 2. The number of fused-ring (bicyclic) bond motifs is 1. The third-order valence-corrected chi connectivity index (χ3v) is 2.70. The average molecular weight is 257 g/mol. The lowest BCUT2D eigenvalue weighted by atomic mass is 10.2. The zero-order valence-corrected chi connectivity index (χ0v) is 9.88. The van der Waals surface area contributed by atoms with Crippen LogP contribution in [0.1, 0.15) is 16.3 Å². The van der Waals surface area contributed by atoms with Gasteiger partial charge < -0.3 is 20.6 Å². The minimum atomic E-state index is -0.237. The van der Waals surface area contributed by atoms with E-state index in [1.54, 1.807) is 12.1 Å². The Morgan fingerprint density at radius 1 is 1.42 bits per heavy atom. The molecule has 1 amide bonds. The lowest BCUT2D eigenvalue weighted by Gasteiger charge is -1.98. The number of hydrogen-bond acceptors (Lipinski definition) is 5. The minimum absolute atomic E-state index is 0.215. The minimum Gasteiger partial charge on any atom is -0.399 e. The van der Waals surface area contributed by atoms with Gasteiger partial charge in [0.1, 0.15) is 5.69 Å². The highest BCUT2D eigenvalue weighted by molar-refractivity contribution is 5.98. The van der Waals surface area contributed by atoms with Gasteiger partial charge in [-0.2, -0.15) is 4.98 Å². The topological polar surface area (TPSA) is 110 Å². The van der Waals surface area contributed by atoms with Gasteiger partial charge in [0.2, 0.25) is 6.39 Å². The molecule has 0 aliphatic heterocycles. The fourth-order valence-corrected chi connectivity index (χ4v) is 1.80. The van der Waals surface area contributed by atoms with Crippen LogP contribution in [0.25, 0.3) is 10.9 Å². The first-order valence-corrected chi connectivity index (χ1v) is 5.64. The number of rotatable bonds is 3. The molecule has 2 aromatic heterocycles. The highest BCUT2D eigenvalue weighted by atomic mass is 16.5. The predicted octanol–water partition coefficient (Wildman–Crippen LogP) is 1.06. The van der Waals surface area contributed by atoms with Crippen molar-refractivity contribution in [2.24, 2.45) is 0 Å². The lowest BCUT2D eigenvalue weighted by molar-refractivity contribution is 0.0945. The number of nitrogen functional groups attached to an aromatic ring is 1. The van der Waals surface area contributed by atoms with E-state index in [4.69, 9.17) is 5.73 Å². The number of amides is 1. The molecule has 3 rings (SSSR count). The van der Waals surface area contributed by atoms with Gasteiger partial charge in [0.15, 0.2) is 5.82 Å². The lowest BCUT2D eigenvalue weighted by Crippen LogP contribution is -2.23. The third kappa shape index (κ3) is 2.25. The number of anilines is 1. The summed E-state index contributed by atoms with van der Waals surface area (Å²) in [4.78, 5) is 18.8. The van der Waals surface area contributed by atoms with Gasteiger partial charge >= 0.3 is 0 Å². The molecule has 0 aliphatic carbocycles. The highest BCUT2D eigenvalue weighted by Crippen LogP contribution is 2.18. The van der Waals surface area contributed by atoms with E-state index in [1.165, 1.54) is 6.39 Å². The Labute approximate surface area is 107 Å². The van der Waals surface area contributed by atoms with Crippen LogP contribution in [0.15, 0.2) is 35.2 Å². The van der Waals surface area contributed by atoms with Crippen LogP contribution in [0.2, 0.25) is 0 Å². The van der Waals surface area contributed by atoms with Crippen molar-refractivity contribution in [3.8, 4) is 0 Å². The Kier molecular flexibility index (Phi) is 2.64. The van der Waals surface area contributed by atoms with Crippen LogP contribution < -0.4 is 11.1 Å². The first-order valence-electron chi connectivity index (χ1n) is 5.64. The van der Waals surface area contributed by atoms with Crippen LogP contribution in [-0.2, 0) is 6.54 Å². The molecule has 96 valence electrons. The van der Waals surface area contributed by atoms with Gasteiger partial charge in [0, 0.05) is 16.6 Å². The van der Waals surface area contributed by atoms with Gasteiger partial charge in [-0.1, -0.05) is 5.16 Å². The van der Waals surface area contributed by atoms with Gasteiger partial charge in [-0.3, -0.25) is 4.79 Å². The van der Waals surface area contributed by atoms with Crippen molar-refractivity contribution in [1.29, 1.82) is 0 Å². The second-order valence-electron chi connectivity index (χ2n) is 4.06. The SMILES string of the molecule is Nc1ccc2[nH]c(C(=O)NCc3ncon3)cc2c1. The van der Waals surface area contributed by atoms with E-state index in [-0.39, 0.29) is 12.5 Å². The Balaban J connectivity index is 1.77. The molecular weight excluding hydrogens is 246 g/mol. The van der Waals surface area contributed by atoms with E-state index in [9.17, 15) is 4.79 Å². The van der Waals surface area contributed by atoms with Crippen LogP contribution in [0.3, 0.4) is 0 Å². The van der Waals surface area contributed by atoms with Gasteiger partial charge in [-0.05, 0) is 24.3 Å². The molecule has 3 aromatic rings. The van der Waals surface area contributed by atoms with E-state index in [0.717, 1.165) is 10.9 Å². The Hall–Kier alpha value is -2.83. The summed E-state index contributed by atoms with van der Waals surface area (Å²) >= 11 is 0. The monoisotopic (exact) mass is 257 g/mol. The molecule has 4 N–H and O–H groups in total. The van der Waals surface area contributed by atoms with Gasteiger partial charge in [0.25, 0.3) is 5.91 Å². The number of hydrogen-bond donors (Lipinski definition) is 3. The van der Waals surface area contributed by atoms with Crippen molar-refractivity contribution >= 4 is 22.5 Å². The molecular formula is C12H11N5O2. The van der Waals surface area contributed by atoms with E-state index >= 15 is 0 Å². The van der Waals surface area contributed by atoms with Crippen LogP contribution in [0.5, 0.6) is 0 Å². The first kappa shape index (κ1) is 11.3. The van der Waals surface area contributed by atoms with Crippen LogP contribution in [-0.4, -0.2) is 21.0 Å². The molecule has 7 nitrogen and oxygen atoms in total. The quantitative estimate of drug-likeness (QED) is 0.608. The number of aromatic nitrogens is 3. The van der Waals surface area contributed by atoms with E-state index < -0.39 is 0 Å². The molecule has 0 fully saturated rings. The molecule has 0 saturated heterocycles. The largest absolute Gasteiger partial charge is 0.399 e. The van der Waals surface area contributed by atoms with Crippen LogP contribution >= 0.6 is 0 Å². The maximum Gasteiger partial charge on any atom is 0.268 e. The second-order valence-corrected chi connectivity index (χ2v) is 4.06. The Morgan fingerprint density at radius 2 is 2.32 bits per heavy atom.